The van der Waals surface area contributed by atoms with Crippen molar-refractivity contribution in [3.63, 3.8) is 0 Å². The first-order valence-corrected chi connectivity index (χ1v) is 22.4. The largest absolute Gasteiger partial charge is 0.309 e. The summed E-state index contributed by atoms with van der Waals surface area (Å²) in [5.41, 5.74) is 21.0. The summed E-state index contributed by atoms with van der Waals surface area (Å²) in [6, 6.07) is 88.5. The Morgan fingerprint density at radius 2 is 0.750 bits per heavy atom. The van der Waals surface area contributed by atoms with Crippen LogP contribution in [0.4, 0.5) is 0 Å². The molecule has 0 radical (unpaired) electrons. The summed E-state index contributed by atoms with van der Waals surface area (Å²) in [5.74, 6) is 0. The standard InChI is InChI=1S/C63H39N/c1-5-20-40(21-6-1)57-47-30-13-14-31-48(47)58(41-22-7-2-8-23-41)62-52-39-54-60(50-32-19-33-51(59(50)52)61(57)62)49-37-36-44(64-55-34-17-15-28-45(55)46-29-16-18-35-56(46)64)38-53(49)63(54,42-24-9-3-10-25-42)43-26-11-4-12-27-43/h1-39H. The first-order chi connectivity index (χ1) is 31.8. The molecule has 1 aromatic heterocycles. The van der Waals surface area contributed by atoms with E-state index < -0.39 is 5.41 Å². The van der Waals surface area contributed by atoms with Crippen LogP contribution in [0.1, 0.15) is 22.3 Å². The van der Waals surface area contributed by atoms with Crippen LogP contribution in [0.3, 0.4) is 0 Å². The van der Waals surface area contributed by atoms with Gasteiger partial charge in [-0.1, -0.05) is 206 Å². The number of hydrogen-bond donors (Lipinski definition) is 0. The Kier molecular flexibility index (Phi) is 7.38. The number of fused-ring (bicyclic) bond motifs is 11. The molecule has 0 bridgehead atoms. The zero-order valence-electron chi connectivity index (χ0n) is 35.0. The Labute approximate surface area is 371 Å². The predicted molar refractivity (Wildman–Crippen MR) is 268 cm³/mol. The van der Waals surface area contributed by atoms with Crippen LogP contribution in [0.25, 0.3) is 105 Å². The van der Waals surface area contributed by atoms with Crippen molar-refractivity contribution in [1.29, 1.82) is 0 Å². The van der Waals surface area contributed by atoms with Crippen LogP contribution in [-0.4, -0.2) is 4.57 Å². The number of nitrogens with zero attached hydrogens (tertiary/aromatic N) is 1. The maximum absolute atomic E-state index is 2.61. The van der Waals surface area contributed by atoms with Crippen molar-refractivity contribution in [3.05, 3.63) is 259 Å². The fourth-order valence-electron chi connectivity index (χ4n) is 12.0. The topological polar surface area (TPSA) is 4.93 Å². The molecular weight excluding hydrogens is 771 g/mol. The van der Waals surface area contributed by atoms with Crippen LogP contribution in [0.15, 0.2) is 237 Å². The molecule has 0 amide bonds. The van der Waals surface area contributed by atoms with Crippen molar-refractivity contribution in [1.82, 2.24) is 4.57 Å². The highest BCUT2D eigenvalue weighted by atomic mass is 15.0. The molecule has 0 saturated heterocycles. The molecule has 0 aliphatic heterocycles. The van der Waals surface area contributed by atoms with E-state index in [2.05, 4.69) is 241 Å². The monoisotopic (exact) mass is 809 g/mol. The van der Waals surface area contributed by atoms with Gasteiger partial charge in [-0.2, -0.15) is 0 Å². The van der Waals surface area contributed by atoms with Gasteiger partial charge >= 0.3 is 0 Å². The molecule has 64 heavy (non-hydrogen) atoms. The smallest absolute Gasteiger partial charge is 0.0714 e. The lowest BCUT2D eigenvalue weighted by molar-refractivity contribution is 0.768. The third-order valence-electron chi connectivity index (χ3n) is 14.4. The Morgan fingerprint density at radius 1 is 0.281 bits per heavy atom. The summed E-state index contributed by atoms with van der Waals surface area (Å²) in [5, 5.41) is 7.69. The quantitative estimate of drug-likeness (QED) is 0.163. The van der Waals surface area contributed by atoms with Gasteiger partial charge in [0.1, 0.15) is 0 Å². The van der Waals surface area contributed by atoms with E-state index >= 15 is 0 Å². The Balaban J connectivity index is 1.16. The zero-order chi connectivity index (χ0) is 41.9. The average molecular weight is 810 g/mol. The molecule has 0 spiro atoms. The van der Waals surface area contributed by atoms with E-state index in [1.165, 1.54) is 121 Å². The van der Waals surface area contributed by atoms with Gasteiger partial charge in [0.2, 0.25) is 0 Å². The molecule has 296 valence electrons. The number of aromatic nitrogens is 1. The van der Waals surface area contributed by atoms with Gasteiger partial charge in [-0.25, -0.2) is 0 Å². The minimum absolute atomic E-state index is 0.628. The molecule has 0 fully saturated rings. The van der Waals surface area contributed by atoms with Crippen molar-refractivity contribution < 1.29 is 0 Å². The molecule has 0 unspecified atom stereocenters. The minimum Gasteiger partial charge on any atom is -0.309 e. The van der Waals surface area contributed by atoms with Crippen LogP contribution in [-0.2, 0) is 5.41 Å². The van der Waals surface area contributed by atoms with Crippen molar-refractivity contribution in [3.8, 4) is 61.3 Å². The third-order valence-corrected chi connectivity index (χ3v) is 14.4. The maximum atomic E-state index is 2.61. The normalized spacial score (nSPS) is 13.1. The molecule has 2 aliphatic rings. The van der Waals surface area contributed by atoms with E-state index in [9.17, 15) is 0 Å². The van der Waals surface area contributed by atoms with Crippen LogP contribution >= 0.6 is 0 Å². The minimum atomic E-state index is -0.628. The van der Waals surface area contributed by atoms with E-state index in [0.717, 1.165) is 5.69 Å². The molecule has 0 atom stereocenters. The first-order valence-electron chi connectivity index (χ1n) is 22.4. The van der Waals surface area contributed by atoms with Gasteiger partial charge in [0, 0.05) is 16.5 Å². The Morgan fingerprint density at radius 3 is 1.31 bits per heavy atom. The fraction of sp³-hybridized carbons (Fsp3) is 0.0159. The highest BCUT2D eigenvalue weighted by molar-refractivity contribution is 6.29. The Hall–Kier alpha value is -8.26. The first kappa shape index (κ1) is 35.3. The van der Waals surface area contributed by atoms with E-state index in [1.807, 2.05) is 0 Å². The highest BCUT2D eigenvalue weighted by Crippen LogP contribution is 2.64. The van der Waals surface area contributed by atoms with Gasteiger partial charge in [-0.05, 0) is 130 Å². The molecule has 11 aromatic carbocycles. The molecule has 1 heteroatoms. The van der Waals surface area contributed by atoms with Gasteiger partial charge < -0.3 is 4.57 Å². The second-order valence-corrected chi connectivity index (χ2v) is 17.4. The van der Waals surface area contributed by atoms with Crippen LogP contribution in [0, 0.1) is 0 Å². The van der Waals surface area contributed by atoms with Crippen LogP contribution < -0.4 is 0 Å². The second-order valence-electron chi connectivity index (χ2n) is 17.4. The van der Waals surface area contributed by atoms with Gasteiger partial charge in [-0.15, -0.1) is 0 Å². The van der Waals surface area contributed by atoms with Gasteiger partial charge in [-0.3, -0.25) is 0 Å². The van der Waals surface area contributed by atoms with E-state index in [1.54, 1.807) is 0 Å². The third kappa shape index (κ3) is 4.63. The molecular formula is C63H39N. The summed E-state index contributed by atoms with van der Waals surface area (Å²) in [6.45, 7) is 0. The maximum Gasteiger partial charge on any atom is 0.0714 e. The Bertz CT molecular complexity index is 3770. The molecule has 14 rings (SSSR count). The number of benzene rings is 11. The van der Waals surface area contributed by atoms with Gasteiger partial charge in [0.15, 0.2) is 0 Å². The lowest BCUT2D eigenvalue weighted by Gasteiger charge is -2.34. The van der Waals surface area contributed by atoms with Crippen molar-refractivity contribution in [2.45, 2.75) is 5.41 Å². The second kappa shape index (κ2) is 13.4. The van der Waals surface area contributed by atoms with Crippen molar-refractivity contribution in [2.24, 2.45) is 0 Å². The van der Waals surface area contributed by atoms with Crippen molar-refractivity contribution >= 4 is 43.4 Å². The average Bonchev–Trinajstić information content (AvgIpc) is 3.99. The van der Waals surface area contributed by atoms with Crippen LogP contribution in [0.2, 0.25) is 0 Å². The zero-order valence-corrected chi connectivity index (χ0v) is 35.0. The predicted octanol–water partition coefficient (Wildman–Crippen LogP) is 16.4. The summed E-state index contributed by atoms with van der Waals surface area (Å²) < 4.78 is 2.47. The SMILES string of the molecule is c1ccc(-c2c3c(c(-c4ccccc4)c4ccccc24)-c2cc4c(c5cccc-3c25)-c2ccc(-n3c5ccccc5c5ccccc53)cc2C4(c2ccccc2)c2ccccc2)cc1. The molecule has 0 saturated carbocycles. The molecule has 2 aliphatic carbocycles. The fourth-order valence-corrected chi connectivity index (χ4v) is 12.0. The summed E-state index contributed by atoms with van der Waals surface area (Å²) in [7, 11) is 0. The number of para-hydroxylation sites is 2. The van der Waals surface area contributed by atoms with Gasteiger partial charge in [0.05, 0.1) is 16.4 Å². The van der Waals surface area contributed by atoms with Gasteiger partial charge in [0.25, 0.3) is 0 Å². The summed E-state index contributed by atoms with van der Waals surface area (Å²) >= 11 is 0. The van der Waals surface area contributed by atoms with Crippen LogP contribution in [0.5, 0.6) is 0 Å². The van der Waals surface area contributed by atoms with E-state index in [0.29, 0.717) is 0 Å². The van der Waals surface area contributed by atoms with Crippen molar-refractivity contribution in [2.75, 3.05) is 0 Å². The summed E-state index contributed by atoms with van der Waals surface area (Å²) in [4.78, 5) is 0. The molecule has 1 nitrogen and oxygen atoms in total. The van der Waals surface area contributed by atoms with E-state index in [-0.39, 0.29) is 0 Å². The summed E-state index contributed by atoms with van der Waals surface area (Å²) in [6.07, 6.45) is 0. The molecule has 0 N–H and O–H groups in total. The highest BCUT2D eigenvalue weighted by Gasteiger charge is 2.48. The lowest BCUT2D eigenvalue weighted by Crippen LogP contribution is -2.28. The number of hydrogen-bond acceptors (Lipinski definition) is 0. The molecule has 1 heterocycles. The van der Waals surface area contributed by atoms with E-state index in [4.69, 9.17) is 0 Å². The lowest BCUT2D eigenvalue weighted by atomic mass is 9.67. The number of rotatable bonds is 5. The molecule has 12 aromatic rings.